The van der Waals surface area contributed by atoms with Crippen LogP contribution in [0.25, 0.3) is 0 Å². The quantitative estimate of drug-likeness (QED) is 0.399. The Morgan fingerprint density at radius 1 is 1.50 bits per heavy atom. The van der Waals surface area contributed by atoms with Gasteiger partial charge < -0.3 is 11.5 Å². The van der Waals surface area contributed by atoms with Crippen molar-refractivity contribution in [2.45, 2.75) is 20.4 Å². The summed E-state index contributed by atoms with van der Waals surface area (Å²) in [6.45, 7) is 4.66. The molecule has 0 aromatic carbocycles. The minimum absolute atomic E-state index is 0.0489. The second-order valence-corrected chi connectivity index (χ2v) is 2.79. The molecule has 0 saturated carbocycles. The summed E-state index contributed by atoms with van der Waals surface area (Å²) in [6.07, 6.45) is 3.62. The van der Waals surface area contributed by atoms with Gasteiger partial charge in [0.15, 0.2) is 0 Å². The van der Waals surface area contributed by atoms with Crippen LogP contribution in [0.3, 0.4) is 0 Å². The molecular formula is C8H14N6. The third kappa shape index (κ3) is 2.58. The topological polar surface area (TPSA) is 94.6 Å². The van der Waals surface area contributed by atoms with E-state index in [9.17, 15) is 0 Å². The van der Waals surface area contributed by atoms with Gasteiger partial charge in [-0.1, -0.05) is 0 Å². The van der Waals surface area contributed by atoms with Crippen molar-refractivity contribution < 1.29 is 0 Å². The molecule has 0 aliphatic carbocycles. The first-order valence-corrected chi connectivity index (χ1v) is 4.29. The first kappa shape index (κ1) is 10.2. The van der Waals surface area contributed by atoms with Crippen LogP contribution in [-0.2, 0) is 6.54 Å². The SMILES string of the molecule is CCn1cc(C(C)=NN=C(N)N)cn1. The zero-order chi connectivity index (χ0) is 10.6. The molecule has 14 heavy (non-hydrogen) atoms. The Bertz CT molecular complexity index is 358. The lowest BCUT2D eigenvalue weighted by molar-refractivity contribution is 0.660. The van der Waals surface area contributed by atoms with Crippen molar-refractivity contribution in [1.82, 2.24) is 9.78 Å². The monoisotopic (exact) mass is 194 g/mol. The van der Waals surface area contributed by atoms with E-state index in [1.807, 2.05) is 24.7 Å². The lowest BCUT2D eigenvalue weighted by Gasteiger charge is -1.92. The number of nitrogens with two attached hydrogens (primary N) is 2. The molecule has 0 unspecified atom stereocenters. The van der Waals surface area contributed by atoms with Crippen LogP contribution < -0.4 is 11.5 Å². The summed E-state index contributed by atoms with van der Waals surface area (Å²) in [5, 5.41) is 11.5. The lowest BCUT2D eigenvalue weighted by Crippen LogP contribution is -2.22. The maximum absolute atomic E-state index is 5.15. The predicted octanol–water partition coefficient (Wildman–Crippen LogP) is -0.0996. The Kier molecular flexibility index (Phi) is 3.22. The fourth-order valence-electron chi connectivity index (χ4n) is 0.914. The van der Waals surface area contributed by atoms with Crippen LogP contribution in [-0.4, -0.2) is 21.5 Å². The van der Waals surface area contributed by atoms with Crippen molar-refractivity contribution in [2.75, 3.05) is 0 Å². The van der Waals surface area contributed by atoms with Gasteiger partial charge in [0.1, 0.15) is 0 Å². The molecule has 6 nitrogen and oxygen atoms in total. The maximum Gasteiger partial charge on any atom is 0.211 e. The van der Waals surface area contributed by atoms with Crippen molar-refractivity contribution in [2.24, 2.45) is 21.7 Å². The van der Waals surface area contributed by atoms with E-state index in [1.165, 1.54) is 0 Å². The van der Waals surface area contributed by atoms with Crippen LogP contribution in [0.15, 0.2) is 22.6 Å². The number of aromatic nitrogens is 2. The van der Waals surface area contributed by atoms with Crippen molar-refractivity contribution in [1.29, 1.82) is 0 Å². The zero-order valence-electron chi connectivity index (χ0n) is 8.31. The molecule has 0 radical (unpaired) electrons. The number of nitrogens with zero attached hydrogens (tertiary/aromatic N) is 4. The van der Waals surface area contributed by atoms with Crippen molar-refractivity contribution in [3.8, 4) is 0 Å². The van der Waals surface area contributed by atoms with Crippen LogP contribution in [0, 0.1) is 0 Å². The van der Waals surface area contributed by atoms with E-state index >= 15 is 0 Å². The Hall–Kier alpha value is -1.85. The third-order valence-corrected chi connectivity index (χ3v) is 1.69. The standard InChI is InChI=1S/C8H14N6/c1-3-14-5-7(4-11-14)6(2)12-13-8(9)10/h4-5H,3H2,1-2H3,(H4,9,10,13). The van der Waals surface area contributed by atoms with Crippen LogP contribution in [0.1, 0.15) is 19.4 Å². The molecule has 1 heterocycles. The Balaban J connectivity index is 2.83. The largest absolute Gasteiger partial charge is 0.369 e. The molecule has 6 heteroatoms. The lowest BCUT2D eigenvalue weighted by atomic mass is 10.2. The van der Waals surface area contributed by atoms with Crippen molar-refractivity contribution in [3.63, 3.8) is 0 Å². The van der Waals surface area contributed by atoms with E-state index in [-0.39, 0.29) is 5.96 Å². The van der Waals surface area contributed by atoms with Gasteiger partial charge in [0.05, 0.1) is 11.9 Å². The number of rotatable bonds is 3. The van der Waals surface area contributed by atoms with Gasteiger partial charge in [0, 0.05) is 18.3 Å². The fourth-order valence-corrected chi connectivity index (χ4v) is 0.914. The smallest absolute Gasteiger partial charge is 0.211 e. The number of guanidine groups is 1. The highest BCUT2D eigenvalue weighted by molar-refractivity contribution is 5.98. The summed E-state index contributed by atoms with van der Waals surface area (Å²) in [7, 11) is 0. The first-order valence-electron chi connectivity index (χ1n) is 4.29. The summed E-state index contributed by atoms with van der Waals surface area (Å²) < 4.78 is 1.81. The van der Waals surface area contributed by atoms with Gasteiger partial charge in [-0.3, -0.25) is 4.68 Å². The highest BCUT2D eigenvalue weighted by Gasteiger charge is 2.00. The maximum atomic E-state index is 5.15. The molecule has 1 aromatic rings. The van der Waals surface area contributed by atoms with E-state index in [2.05, 4.69) is 15.3 Å². The average molecular weight is 194 g/mol. The Morgan fingerprint density at radius 3 is 2.71 bits per heavy atom. The Morgan fingerprint density at radius 2 is 2.21 bits per heavy atom. The summed E-state index contributed by atoms with van der Waals surface area (Å²) >= 11 is 0. The molecule has 0 atom stereocenters. The molecular weight excluding hydrogens is 180 g/mol. The summed E-state index contributed by atoms with van der Waals surface area (Å²) in [5.41, 5.74) is 11.9. The van der Waals surface area contributed by atoms with Gasteiger partial charge in [0.25, 0.3) is 0 Å². The van der Waals surface area contributed by atoms with Crippen LogP contribution >= 0.6 is 0 Å². The molecule has 0 fully saturated rings. The Labute approximate surface area is 82.3 Å². The van der Waals surface area contributed by atoms with Gasteiger partial charge in [0.2, 0.25) is 5.96 Å². The minimum Gasteiger partial charge on any atom is -0.369 e. The zero-order valence-corrected chi connectivity index (χ0v) is 8.31. The van der Waals surface area contributed by atoms with Crippen LogP contribution in [0.5, 0.6) is 0 Å². The number of hydrogen-bond donors (Lipinski definition) is 2. The second-order valence-electron chi connectivity index (χ2n) is 2.79. The second kappa shape index (κ2) is 4.40. The third-order valence-electron chi connectivity index (χ3n) is 1.69. The normalized spacial score (nSPS) is 11.4. The van der Waals surface area contributed by atoms with Gasteiger partial charge in [-0.05, 0) is 13.8 Å². The first-order chi connectivity index (χ1) is 6.63. The molecule has 0 bridgehead atoms. The van der Waals surface area contributed by atoms with Crippen molar-refractivity contribution in [3.05, 3.63) is 18.0 Å². The molecule has 0 amide bonds. The summed E-state index contributed by atoms with van der Waals surface area (Å²) in [6, 6.07) is 0. The van der Waals surface area contributed by atoms with E-state index in [0.29, 0.717) is 0 Å². The van der Waals surface area contributed by atoms with Gasteiger partial charge in [-0.2, -0.15) is 10.2 Å². The van der Waals surface area contributed by atoms with E-state index < -0.39 is 0 Å². The molecule has 76 valence electrons. The molecule has 1 aromatic heterocycles. The number of aryl methyl sites for hydroxylation is 1. The molecule has 4 N–H and O–H groups in total. The average Bonchev–Trinajstić information content (AvgIpc) is 2.62. The van der Waals surface area contributed by atoms with E-state index in [1.54, 1.807) is 6.20 Å². The minimum atomic E-state index is -0.0489. The van der Waals surface area contributed by atoms with Gasteiger partial charge >= 0.3 is 0 Å². The molecule has 0 spiro atoms. The van der Waals surface area contributed by atoms with Gasteiger partial charge in [-0.25, -0.2) is 0 Å². The highest BCUT2D eigenvalue weighted by atomic mass is 15.3. The molecule has 0 aliphatic rings. The predicted molar refractivity (Wildman–Crippen MR) is 55.9 cm³/mol. The highest BCUT2D eigenvalue weighted by Crippen LogP contribution is 2.00. The van der Waals surface area contributed by atoms with Crippen LogP contribution in [0.2, 0.25) is 0 Å². The molecule has 0 aliphatic heterocycles. The van der Waals surface area contributed by atoms with Crippen molar-refractivity contribution >= 4 is 11.7 Å². The fraction of sp³-hybridized carbons (Fsp3) is 0.375. The van der Waals surface area contributed by atoms with E-state index in [0.717, 1.165) is 17.8 Å². The van der Waals surface area contributed by atoms with E-state index in [4.69, 9.17) is 11.5 Å². The van der Waals surface area contributed by atoms with Crippen LogP contribution in [0.4, 0.5) is 0 Å². The summed E-state index contributed by atoms with van der Waals surface area (Å²) in [5.74, 6) is -0.0489. The van der Waals surface area contributed by atoms with Gasteiger partial charge in [-0.15, -0.1) is 5.10 Å². The number of hydrogen-bond acceptors (Lipinski definition) is 3. The molecule has 1 rings (SSSR count). The molecule has 0 saturated heterocycles. The summed E-state index contributed by atoms with van der Waals surface area (Å²) in [4.78, 5) is 0.